The Morgan fingerprint density at radius 3 is 1.65 bits per heavy atom. The molecule has 4 aromatic heterocycles. The second-order valence-corrected chi connectivity index (χ2v) is 13.9. The zero-order valence-electron chi connectivity index (χ0n) is 34.8. The first-order valence-electron chi connectivity index (χ1n) is 18.6. The van der Waals surface area contributed by atoms with Gasteiger partial charge in [-0.2, -0.15) is 0 Å². The van der Waals surface area contributed by atoms with Gasteiger partial charge in [-0.1, -0.05) is 0 Å². The van der Waals surface area contributed by atoms with Gasteiger partial charge in [0.05, 0.1) is 26.4 Å². The van der Waals surface area contributed by atoms with Crippen molar-refractivity contribution < 1.29 is 43.6 Å². The van der Waals surface area contributed by atoms with Gasteiger partial charge < -0.3 is 34.7 Å². The van der Waals surface area contributed by atoms with Crippen molar-refractivity contribution in [1.82, 2.24) is 39.7 Å². The molecule has 2 fully saturated rings. The number of likely N-dealkylation sites (tertiary alicyclic amines) is 2. The Labute approximate surface area is 327 Å². The summed E-state index contributed by atoms with van der Waals surface area (Å²) in [6.07, 6.45) is 6.68. The number of ether oxygens (including phenoxy) is 5. The van der Waals surface area contributed by atoms with Crippen molar-refractivity contribution in [3.63, 3.8) is 0 Å². The Morgan fingerprint density at radius 2 is 1.24 bits per heavy atom. The number of nitrogens with one attached hydrogen (secondary N) is 1. The number of aromatic nitrogens is 6. The molecule has 1 amide bonds. The van der Waals surface area contributed by atoms with Gasteiger partial charge in [-0.25, -0.2) is 29.9 Å². The van der Waals surface area contributed by atoms with Crippen LogP contribution in [-0.4, -0.2) is 109 Å². The molecular weight excluding hydrogens is 741 g/mol. The van der Waals surface area contributed by atoms with Crippen molar-refractivity contribution in [3.05, 3.63) is 46.9 Å². The van der Waals surface area contributed by atoms with Crippen LogP contribution in [0.5, 0.6) is 23.5 Å². The van der Waals surface area contributed by atoms with Crippen LogP contribution < -0.4 is 30.0 Å². The van der Waals surface area contributed by atoms with Gasteiger partial charge in [0.15, 0.2) is 10.3 Å². The third kappa shape index (κ3) is 13.7. The summed E-state index contributed by atoms with van der Waals surface area (Å²) >= 11 is 2.30. The van der Waals surface area contributed by atoms with Crippen LogP contribution in [0.2, 0.25) is 0 Å². The van der Waals surface area contributed by atoms with E-state index in [2.05, 4.69) is 40.0 Å². The Hall–Kier alpha value is -5.05. The van der Waals surface area contributed by atoms with Crippen LogP contribution in [0.4, 0.5) is 10.3 Å². The molecule has 0 bridgehead atoms. The molecule has 54 heavy (non-hydrogen) atoms. The summed E-state index contributed by atoms with van der Waals surface area (Å²) in [7, 11) is 3.05. The van der Waals surface area contributed by atoms with Crippen LogP contribution in [0.3, 0.4) is 0 Å². The number of esters is 2. The summed E-state index contributed by atoms with van der Waals surface area (Å²) in [6, 6.07) is 3.19. The maximum Gasteiger partial charge on any atom is 0.310 e. The van der Waals surface area contributed by atoms with Crippen LogP contribution in [0, 0.1) is 0 Å². The SMILES string of the molecule is CC(=O)OC(C)=O.[2H]C([2H])(c1cnc(N)s1)N1C[C@H](Oc2cc(OC)ncn2)C[C@@H]1C.[2H]C([2H])(c1cnc(NC(C)=O)s1)N1C[C@H](Oc2cc(OC)ncn2)C[C@@H]1C. The number of carbonyl (C=O) groups excluding carboxylic acids is 3. The predicted molar refractivity (Wildman–Crippen MR) is 200 cm³/mol. The molecule has 20 heteroatoms. The van der Waals surface area contributed by atoms with Gasteiger partial charge in [0.25, 0.3) is 0 Å². The molecular formula is C34H46N10O8S2. The molecule has 2 saturated heterocycles. The third-order valence-electron chi connectivity index (χ3n) is 7.41. The van der Waals surface area contributed by atoms with Crippen LogP contribution in [0.1, 0.15) is 62.7 Å². The van der Waals surface area contributed by atoms with Crippen molar-refractivity contribution in [2.75, 3.05) is 38.4 Å². The predicted octanol–water partition coefficient (Wildman–Crippen LogP) is 3.60. The average molecular weight is 791 g/mol. The van der Waals surface area contributed by atoms with Crippen molar-refractivity contribution in [3.8, 4) is 23.5 Å². The number of rotatable bonds is 11. The lowest BCUT2D eigenvalue weighted by atomic mass is 10.2. The van der Waals surface area contributed by atoms with E-state index in [0.29, 0.717) is 69.5 Å². The fourth-order valence-corrected chi connectivity index (χ4v) is 6.52. The molecule has 4 atom stereocenters. The van der Waals surface area contributed by atoms with Crippen molar-refractivity contribution in [1.29, 1.82) is 0 Å². The topological polar surface area (TPSA) is 219 Å². The van der Waals surface area contributed by atoms with E-state index >= 15 is 0 Å². The van der Waals surface area contributed by atoms with Crippen molar-refractivity contribution >= 4 is 50.8 Å². The van der Waals surface area contributed by atoms with E-state index in [1.165, 1.54) is 71.4 Å². The summed E-state index contributed by atoms with van der Waals surface area (Å²) in [6.45, 7) is 5.16. The molecule has 292 valence electrons. The van der Waals surface area contributed by atoms with E-state index in [-0.39, 0.29) is 30.2 Å². The summed E-state index contributed by atoms with van der Waals surface area (Å²) in [5.74, 6) is 0.294. The van der Waals surface area contributed by atoms with Crippen LogP contribution in [-0.2, 0) is 32.1 Å². The van der Waals surface area contributed by atoms with E-state index in [9.17, 15) is 14.4 Å². The zero-order valence-corrected chi connectivity index (χ0v) is 32.5. The summed E-state index contributed by atoms with van der Waals surface area (Å²) in [5, 5.41) is 3.33. The first kappa shape index (κ1) is 36.0. The number of carbonyl (C=O) groups is 3. The highest BCUT2D eigenvalue weighted by molar-refractivity contribution is 7.15. The molecule has 2 aliphatic rings. The normalized spacial score (nSPS) is 21.0. The number of methoxy groups -OCH3 is 2. The first-order valence-corrected chi connectivity index (χ1v) is 18.2. The molecule has 3 N–H and O–H groups in total. The molecule has 2 aliphatic heterocycles. The zero-order chi connectivity index (χ0) is 42.8. The second kappa shape index (κ2) is 20.4. The average Bonchev–Trinajstić information content (AvgIpc) is 3.96. The minimum Gasteiger partial charge on any atom is -0.481 e. The molecule has 18 nitrogen and oxygen atoms in total. The van der Waals surface area contributed by atoms with E-state index in [0.717, 1.165) is 11.3 Å². The van der Waals surface area contributed by atoms with E-state index < -0.39 is 24.9 Å². The molecule has 6 heterocycles. The highest BCUT2D eigenvalue weighted by atomic mass is 32.1. The monoisotopic (exact) mass is 790 g/mol. The maximum absolute atomic E-state index is 11.2. The molecule has 0 unspecified atom stereocenters. The molecule has 0 spiro atoms. The van der Waals surface area contributed by atoms with Crippen molar-refractivity contribution in [2.24, 2.45) is 0 Å². The molecule has 6 rings (SSSR count). The summed E-state index contributed by atoms with van der Waals surface area (Å²) in [4.78, 5) is 59.3. The molecule has 0 aromatic carbocycles. The Kier molecular flexibility index (Phi) is 13.6. The number of anilines is 2. The van der Waals surface area contributed by atoms with E-state index in [1.54, 1.807) is 21.9 Å². The van der Waals surface area contributed by atoms with Gasteiger partial charge in [-0.15, -0.1) is 22.7 Å². The van der Waals surface area contributed by atoms with Gasteiger partial charge in [0, 0.05) is 99.4 Å². The van der Waals surface area contributed by atoms with Crippen molar-refractivity contribution in [2.45, 2.75) is 84.7 Å². The maximum atomic E-state index is 11.2. The Bertz CT molecular complexity index is 2000. The fourth-order valence-electron chi connectivity index (χ4n) is 5.14. The van der Waals surface area contributed by atoms with Crippen LogP contribution in [0.15, 0.2) is 37.2 Å². The van der Waals surface area contributed by atoms with Crippen LogP contribution in [0.25, 0.3) is 0 Å². The van der Waals surface area contributed by atoms with Gasteiger partial charge in [0.2, 0.25) is 29.4 Å². The largest absolute Gasteiger partial charge is 0.481 e. The first-order chi connectivity index (χ1) is 27.3. The molecule has 4 aromatic rings. The molecule has 0 radical (unpaired) electrons. The van der Waals surface area contributed by atoms with Crippen LogP contribution >= 0.6 is 22.7 Å². The molecule has 0 saturated carbocycles. The Balaban J connectivity index is 0.000000222. The highest BCUT2D eigenvalue weighted by Gasteiger charge is 2.32. The second-order valence-electron chi connectivity index (χ2n) is 11.8. The van der Waals surface area contributed by atoms with Gasteiger partial charge in [-0.05, 0) is 13.8 Å². The van der Waals surface area contributed by atoms with Gasteiger partial charge in [0.1, 0.15) is 24.9 Å². The van der Waals surface area contributed by atoms with Gasteiger partial charge >= 0.3 is 11.9 Å². The number of nitrogens with two attached hydrogens (primary N) is 1. The lowest BCUT2D eigenvalue weighted by Crippen LogP contribution is -2.27. The number of hydrogen-bond acceptors (Lipinski definition) is 19. The number of hydrogen-bond donors (Lipinski definition) is 2. The van der Waals surface area contributed by atoms with E-state index in [4.69, 9.17) is 30.2 Å². The summed E-state index contributed by atoms with van der Waals surface area (Å²) < 4.78 is 59.9. The quantitative estimate of drug-likeness (QED) is 0.164. The number of nitrogens with zero attached hydrogens (tertiary/aromatic N) is 8. The minimum atomic E-state index is -1.73. The smallest absolute Gasteiger partial charge is 0.310 e. The van der Waals surface area contributed by atoms with E-state index in [1.807, 2.05) is 13.8 Å². The minimum absolute atomic E-state index is 0.0112. The highest BCUT2D eigenvalue weighted by Crippen LogP contribution is 2.28. The number of thiazole rings is 2. The Morgan fingerprint density at radius 1 is 0.778 bits per heavy atom. The summed E-state index contributed by atoms with van der Waals surface area (Å²) in [5.41, 5.74) is 5.64. The lowest BCUT2D eigenvalue weighted by Gasteiger charge is -2.19. The fraction of sp³-hybridized carbons (Fsp3) is 0.500. The lowest BCUT2D eigenvalue weighted by molar-refractivity contribution is -0.156. The molecule has 0 aliphatic carbocycles. The third-order valence-corrected chi connectivity index (χ3v) is 8.96. The van der Waals surface area contributed by atoms with Gasteiger partial charge in [-0.3, -0.25) is 24.2 Å². The standard InChI is InChI=1S/C16H21N5O3S.C14H19N5O2S.C4H6O3/c1-10-4-12(24-15-5-14(23-3)18-9-19-15)7-21(10)8-13-6-17-16(25-13)20-11(2)22;1-9-3-10(21-13-4-12(20-2)17-8-18-13)6-19(9)7-11-5-16-14(15)22-11;1-3(5)7-4(2)6/h5-6,9-10,12H,4,7-8H2,1-3H3,(H,17,20,22);4-5,8-10H,3,6-7H2,1-2H3,(H2,15,16);1-2H3/t10-,12+;9-,10+;/m00./s1/i8D2;7D2;. The number of amides is 1. The number of nitrogen functional groups attached to an aromatic ring is 1.